The zero-order valence-corrected chi connectivity index (χ0v) is 19.4. The Morgan fingerprint density at radius 2 is 1.94 bits per heavy atom. The van der Waals surface area contributed by atoms with Crippen LogP contribution in [0.5, 0.6) is 0 Å². The molecule has 13 heteroatoms. The summed E-state index contributed by atoms with van der Waals surface area (Å²) in [4.78, 5) is 36.9. The van der Waals surface area contributed by atoms with E-state index in [0.717, 1.165) is 11.8 Å². The van der Waals surface area contributed by atoms with E-state index in [1.807, 2.05) is 0 Å². The van der Waals surface area contributed by atoms with Gasteiger partial charge >= 0.3 is 0 Å². The van der Waals surface area contributed by atoms with Crippen LogP contribution in [0, 0.1) is 10.1 Å². The summed E-state index contributed by atoms with van der Waals surface area (Å²) >= 11 is 6.36. The SMILES string of the molecule is NS(=O)(=O)c1ccc(NC(=O)CCCN2C(=O)/C(=C/c3cccc([N+](=O)[O-])c3)SC2=S)cc1. The van der Waals surface area contributed by atoms with Gasteiger partial charge in [-0.25, -0.2) is 13.6 Å². The van der Waals surface area contributed by atoms with Crippen molar-refractivity contribution >= 4 is 67.6 Å². The van der Waals surface area contributed by atoms with Crippen LogP contribution in [0.4, 0.5) is 11.4 Å². The molecule has 1 heterocycles. The Labute approximate surface area is 199 Å². The highest BCUT2D eigenvalue weighted by Gasteiger charge is 2.31. The maximum absolute atomic E-state index is 12.7. The molecule has 0 atom stereocenters. The van der Waals surface area contributed by atoms with Crippen LogP contribution in [0.25, 0.3) is 6.08 Å². The minimum atomic E-state index is -3.81. The lowest BCUT2D eigenvalue weighted by Crippen LogP contribution is -2.29. The number of carbonyl (C=O) groups is 2. The first-order chi connectivity index (χ1) is 15.5. The van der Waals surface area contributed by atoms with Crippen molar-refractivity contribution in [2.24, 2.45) is 5.14 Å². The lowest BCUT2D eigenvalue weighted by molar-refractivity contribution is -0.384. The first kappa shape index (κ1) is 24.5. The van der Waals surface area contributed by atoms with Gasteiger partial charge in [-0.15, -0.1) is 0 Å². The summed E-state index contributed by atoms with van der Waals surface area (Å²) in [5, 5.41) is 18.6. The average Bonchev–Trinajstić information content (AvgIpc) is 3.01. The molecular formula is C20H18N4O6S3. The molecule has 0 saturated carbocycles. The highest BCUT2D eigenvalue weighted by Crippen LogP contribution is 2.33. The second kappa shape index (κ2) is 10.2. The molecule has 172 valence electrons. The molecule has 1 aliphatic heterocycles. The number of nitrogens with zero attached hydrogens (tertiary/aromatic N) is 2. The largest absolute Gasteiger partial charge is 0.326 e. The van der Waals surface area contributed by atoms with Crippen molar-refractivity contribution in [3.8, 4) is 0 Å². The van der Waals surface area contributed by atoms with E-state index in [-0.39, 0.29) is 35.4 Å². The Balaban J connectivity index is 1.54. The number of non-ortho nitro benzene ring substituents is 1. The van der Waals surface area contributed by atoms with E-state index in [4.69, 9.17) is 17.4 Å². The molecule has 33 heavy (non-hydrogen) atoms. The normalized spacial score (nSPS) is 15.2. The van der Waals surface area contributed by atoms with E-state index in [0.29, 0.717) is 26.9 Å². The number of hydrogen-bond donors (Lipinski definition) is 2. The number of amides is 2. The van der Waals surface area contributed by atoms with Gasteiger partial charge in [0.25, 0.3) is 11.6 Å². The molecule has 2 amide bonds. The summed E-state index contributed by atoms with van der Waals surface area (Å²) in [5.41, 5.74) is 0.847. The van der Waals surface area contributed by atoms with Crippen LogP contribution in [0.15, 0.2) is 58.3 Å². The topological polar surface area (TPSA) is 153 Å². The molecular weight excluding hydrogens is 488 g/mol. The number of nitrogens with one attached hydrogen (secondary N) is 1. The molecule has 10 nitrogen and oxygen atoms in total. The standard InChI is InChI=1S/C20H18N4O6S3/c21-33(29,30)16-8-6-14(7-9-16)22-18(25)5-2-10-23-19(26)17(32-20(23)31)12-13-3-1-4-15(11-13)24(27)28/h1,3-4,6-9,11-12H,2,5,10H2,(H,22,25)(H2,21,29,30)/b17-12-. The monoisotopic (exact) mass is 506 g/mol. The Hall–Kier alpha value is -3.13. The Bertz CT molecular complexity index is 1260. The zero-order chi connectivity index (χ0) is 24.2. The van der Waals surface area contributed by atoms with Crippen LogP contribution in [-0.4, -0.2) is 40.9 Å². The van der Waals surface area contributed by atoms with Gasteiger partial charge in [-0.05, 0) is 42.3 Å². The molecule has 0 spiro atoms. The number of thioether (sulfide) groups is 1. The lowest BCUT2D eigenvalue weighted by Gasteiger charge is -2.14. The summed E-state index contributed by atoms with van der Waals surface area (Å²) in [5.74, 6) is -0.633. The summed E-state index contributed by atoms with van der Waals surface area (Å²) in [6.07, 6.45) is 2.00. The van der Waals surface area contributed by atoms with Gasteiger partial charge in [-0.3, -0.25) is 24.6 Å². The molecule has 2 aromatic rings. The van der Waals surface area contributed by atoms with Crippen molar-refractivity contribution in [2.45, 2.75) is 17.7 Å². The molecule has 0 radical (unpaired) electrons. The van der Waals surface area contributed by atoms with Gasteiger partial charge in [0.1, 0.15) is 4.32 Å². The first-order valence-corrected chi connectivity index (χ1v) is 12.2. The Kier molecular flexibility index (Phi) is 7.58. The van der Waals surface area contributed by atoms with E-state index in [9.17, 15) is 28.1 Å². The number of carbonyl (C=O) groups excluding carboxylic acids is 2. The first-order valence-electron chi connectivity index (χ1n) is 9.47. The maximum Gasteiger partial charge on any atom is 0.270 e. The number of anilines is 1. The molecule has 2 aromatic carbocycles. The molecule has 0 aromatic heterocycles. The fraction of sp³-hybridized carbons (Fsp3) is 0.150. The number of nitrogens with two attached hydrogens (primary N) is 1. The molecule has 1 aliphatic rings. The lowest BCUT2D eigenvalue weighted by atomic mass is 10.2. The minimum Gasteiger partial charge on any atom is -0.326 e. The van der Waals surface area contributed by atoms with Gasteiger partial charge < -0.3 is 5.32 Å². The predicted molar refractivity (Wildman–Crippen MR) is 129 cm³/mol. The van der Waals surface area contributed by atoms with Crippen LogP contribution in [0.1, 0.15) is 18.4 Å². The quantitative estimate of drug-likeness (QED) is 0.240. The summed E-state index contributed by atoms with van der Waals surface area (Å²) in [7, 11) is -3.81. The smallest absolute Gasteiger partial charge is 0.270 e. The third-order valence-corrected chi connectivity index (χ3v) is 6.81. The van der Waals surface area contributed by atoms with E-state index in [1.165, 1.54) is 47.4 Å². The van der Waals surface area contributed by atoms with Gasteiger partial charge in [-0.2, -0.15) is 0 Å². The molecule has 0 unspecified atom stereocenters. The number of nitro groups is 1. The summed E-state index contributed by atoms with van der Waals surface area (Å²) < 4.78 is 22.9. The number of thiocarbonyl (C=S) groups is 1. The fourth-order valence-electron chi connectivity index (χ4n) is 2.92. The third-order valence-electron chi connectivity index (χ3n) is 4.50. The maximum atomic E-state index is 12.7. The van der Waals surface area contributed by atoms with Crippen LogP contribution < -0.4 is 10.5 Å². The van der Waals surface area contributed by atoms with E-state index in [1.54, 1.807) is 12.1 Å². The Morgan fingerprint density at radius 3 is 2.58 bits per heavy atom. The average molecular weight is 507 g/mol. The fourth-order valence-corrected chi connectivity index (χ4v) is 4.75. The summed E-state index contributed by atoms with van der Waals surface area (Å²) in [6.45, 7) is 0.231. The van der Waals surface area contributed by atoms with Crippen LogP contribution in [-0.2, 0) is 19.6 Å². The molecule has 3 rings (SSSR count). The predicted octanol–water partition coefficient (Wildman–Crippen LogP) is 2.86. The number of nitro benzene ring substituents is 1. The Morgan fingerprint density at radius 1 is 1.24 bits per heavy atom. The van der Waals surface area contributed by atoms with Gasteiger partial charge in [0.15, 0.2) is 0 Å². The van der Waals surface area contributed by atoms with Crippen molar-refractivity contribution in [3.63, 3.8) is 0 Å². The third kappa shape index (κ3) is 6.44. The second-order valence-corrected chi connectivity index (χ2v) is 10.1. The molecule has 0 aliphatic carbocycles. The van der Waals surface area contributed by atoms with E-state index in [2.05, 4.69) is 5.32 Å². The second-order valence-electron chi connectivity index (χ2n) is 6.91. The number of primary sulfonamides is 1. The van der Waals surface area contributed by atoms with Crippen LogP contribution >= 0.6 is 24.0 Å². The van der Waals surface area contributed by atoms with Crippen molar-refractivity contribution in [1.82, 2.24) is 4.90 Å². The van der Waals surface area contributed by atoms with Gasteiger partial charge in [-0.1, -0.05) is 36.1 Å². The molecule has 3 N–H and O–H groups in total. The molecule has 1 saturated heterocycles. The van der Waals surface area contributed by atoms with Crippen molar-refractivity contribution in [2.75, 3.05) is 11.9 Å². The van der Waals surface area contributed by atoms with E-state index >= 15 is 0 Å². The highest BCUT2D eigenvalue weighted by atomic mass is 32.2. The number of benzene rings is 2. The summed E-state index contributed by atoms with van der Waals surface area (Å²) in [6, 6.07) is 11.4. The minimum absolute atomic E-state index is 0.0620. The van der Waals surface area contributed by atoms with Gasteiger partial charge in [0, 0.05) is 30.8 Å². The number of hydrogen-bond acceptors (Lipinski definition) is 8. The number of rotatable bonds is 8. The molecule has 1 fully saturated rings. The van der Waals surface area contributed by atoms with Crippen LogP contribution in [0.3, 0.4) is 0 Å². The van der Waals surface area contributed by atoms with Gasteiger partial charge in [0.05, 0.1) is 14.7 Å². The van der Waals surface area contributed by atoms with Crippen molar-refractivity contribution < 1.29 is 22.9 Å². The van der Waals surface area contributed by atoms with Crippen molar-refractivity contribution in [3.05, 3.63) is 69.1 Å². The highest BCUT2D eigenvalue weighted by molar-refractivity contribution is 8.26. The number of sulfonamides is 1. The van der Waals surface area contributed by atoms with Gasteiger partial charge in [0.2, 0.25) is 15.9 Å². The molecule has 0 bridgehead atoms. The van der Waals surface area contributed by atoms with E-state index < -0.39 is 14.9 Å². The van der Waals surface area contributed by atoms with Crippen LogP contribution in [0.2, 0.25) is 0 Å². The zero-order valence-electron chi connectivity index (χ0n) is 17.0. The van der Waals surface area contributed by atoms with Crippen molar-refractivity contribution in [1.29, 1.82) is 0 Å².